The van der Waals surface area contributed by atoms with Crippen molar-refractivity contribution in [3.05, 3.63) is 84.0 Å². The average molecular weight is 482 g/mol. The van der Waals surface area contributed by atoms with Crippen molar-refractivity contribution < 1.29 is 14.0 Å². The van der Waals surface area contributed by atoms with Gasteiger partial charge in [0.1, 0.15) is 5.82 Å². The number of amides is 2. The second-order valence-electron chi connectivity index (χ2n) is 8.10. The quantitative estimate of drug-likeness (QED) is 0.322. The fraction of sp³-hybridized carbons (Fsp3) is 0.280. The Bertz CT molecular complexity index is 1160. The topological polar surface area (TPSA) is 88.9 Å². The number of nitrogens with one attached hydrogen (secondary N) is 2. The minimum atomic E-state index is -0.416. The molecule has 34 heavy (non-hydrogen) atoms. The number of allylic oxidation sites excluding steroid dienone is 1. The molecule has 0 aliphatic heterocycles. The van der Waals surface area contributed by atoms with Gasteiger partial charge in [0, 0.05) is 17.8 Å². The van der Waals surface area contributed by atoms with Crippen LogP contribution in [-0.2, 0) is 11.3 Å². The van der Waals surface area contributed by atoms with Crippen LogP contribution in [0.3, 0.4) is 0 Å². The number of halogens is 1. The summed E-state index contributed by atoms with van der Waals surface area (Å²) in [5.74, 6) is -0.215. The van der Waals surface area contributed by atoms with E-state index in [1.807, 2.05) is 36.6 Å². The number of aromatic nitrogens is 3. The number of carbonyl (C=O) groups excluding carboxylic acids is 2. The van der Waals surface area contributed by atoms with Crippen LogP contribution in [0.25, 0.3) is 0 Å². The molecule has 0 fully saturated rings. The first kappa shape index (κ1) is 25.2. The van der Waals surface area contributed by atoms with Gasteiger partial charge in [0.25, 0.3) is 5.91 Å². The molecule has 9 heteroatoms. The van der Waals surface area contributed by atoms with Crippen LogP contribution in [0.1, 0.15) is 41.6 Å². The Balaban J connectivity index is 1.75. The lowest BCUT2D eigenvalue weighted by Gasteiger charge is -2.22. The van der Waals surface area contributed by atoms with E-state index in [0.29, 0.717) is 28.8 Å². The highest BCUT2D eigenvalue weighted by molar-refractivity contribution is 7.99. The van der Waals surface area contributed by atoms with Crippen molar-refractivity contribution >= 4 is 29.3 Å². The second kappa shape index (κ2) is 11.6. The SMILES string of the molecule is C=CCn1c(SCC(=O)Nc2cc(F)ccc2C)nnc1[C@@H](NC(=O)c1ccccc1)C(C)C. The summed E-state index contributed by atoms with van der Waals surface area (Å²) >= 11 is 1.21. The molecule has 0 aliphatic carbocycles. The number of hydrogen-bond acceptors (Lipinski definition) is 5. The molecule has 0 saturated carbocycles. The van der Waals surface area contributed by atoms with Crippen LogP contribution in [0.2, 0.25) is 0 Å². The fourth-order valence-electron chi connectivity index (χ4n) is 3.33. The molecule has 3 rings (SSSR count). The zero-order valence-electron chi connectivity index (χ0n) is 19.4. The number of nitrogens with zero attached hydrogens (tertiary/aromatic N) is 3. The highest BCUT2D eigenvalue weighted by Crippen LogP contribution is 2.26. The predicted molar refractivity (Wildman–Crippen MR) is 132 cm³/mol. The van der Waals surface area contributed by atoms with Gasteiger partial charge in [-0.05, 0) is 42.7 Å². The number of hydrogen-bond donors (Lipinski definition) is 2. The summed E-state index contributed by atoms with van der Waals surface area (Å²) in [6.07, 6.45) is 1.71. The average Bonchev–Trinajstić information content (AvgIpc) is 3.21. The van der Waals surface area contributed by atoms with E-state index >= 15 is 0 Å². The Morgan fingerprint density at radius 2 is 1.91 bits per heavy atom. The molecule has 2 amide bonds. The fourth-order valence-corrected chi connectivity index (χ4v) is 4.08. The summed E-state index contributed by atoms with van der Waals surface area (Å²) in [4.78, 5) is 25.3. The second-order valence-corrected chi connectivity index (χ2v) is 9.04. The minimum Gasteiger partial charge on any atom is -0.342 e. The van der Waals surface area contributed by atoms with Crippen molar-refractivity contribution in [1.29, 1.82) is 0 Å². The van der Waals surface area contributed by atoms with Gasteiger partial charge in [0.15, 0.2) is 11.0 Å². The van der Waals surface area contributed by atoms with Crippen molar-refractivity contribution in [3.8, 4) is 0 Å². The van der Waals surface area contributed by atoms with Crippen molar-refractivity contribution in [1.82, 2.24) is 20.1 Å². The lowest BCUT2D eigenvalue weighted by atomic mass is 10.0. The third kappa shape index (κ3) is 6.32. The Morgan fingerprint density at radius 3 is 2.59 bits per heavy atom. The molecule has 178 valence electrons. The van der Waals surface area contributed by atoms with E-state index in [1.54, 1.807) is 31.2 Å². The highest BCUT2D eigenvalue weighted by atomic mass is 32.2. The van der Waals surface area contributed by atoms with Crippen LogP contribution in [0.4, 0.5) is 10.1 Å². The normalized spacial score (nSPS) is 11.8. The zero-order chi connectivity index (χ0) is 24.7. The summed E-state index contributed by atoms with van der Waals surface area (Å²) in [7, 11) is 0. The Hall–Kier alpha value is -3.46. The van der Waals surface area contributed by atoms with Gasteiger partial charge in [0.2, 0.25) is 5.91 Å². The minimum absolute atomic E-state index is 0.0394. The van der Waals surface area contributed by atoms with E-state index < -0.39 is 11.9 Å². The zero-order valence-corrected chi connectivity index (χ0v) is 20.2. The molecule has 0 spiro atoms. The van der Waals surface area contributed by atoms with Gasteiger partial charge in [0.05, 0.1) is 11.8 Å². The number of thioether (sulfide) groups is 1. The Labute approximate surface area is 202 Å². The van der Waals surface area contributed by atoms with E-state index in [-0.39, 0.29) is 23.5 Å². The van der Waals surface area contributed by atoms with E-state index in [2.05, 4.69) is 27.4 Å². The third-order valence-corrected chi connectivity index (χ3v) is 6.10. The van der Waals surface area contributed by atoms with Crippen molar-refractivity contribution in [3.63, 3.8) is 0 Å². The van der Waals surface area contributed by atoms with E-state index in [1.165, 1.54) is 23.9 Å². The first-order valence-corrected chi connectivity index (χ1v) is 11.9. The van der Waals surface area contributed by atoms with Gasteiger partial charge in [-0.2, -0.15) is 0 Å². The molecule has 0 saturated heterocycles. The smallest absolute Gasteiger partial charge is 0.251 e. The maximum atomic E-state index is 13.5. The van der Waals surface area contributed by atoms with Gasteiger partial charge in [-0.15, -0.1) is 16.8 Å². The van der Waals surface area contributed by atoms with Gasteiger partial charge in [-0.3, -0.25) is 9.59 Å². The van der Waals surface area contributed by atoms with Crippen LogP contribution in [0, 0.1) is 18.7 Å². The largest absolute Gasteiger partial charge is 0.342 e. The maximum Gasteiger partial charge on any atom is 0.251 e. The Kier molecular flexibility index (Phi) is 8.59. The molecular formula is C25H28FN5O2S. The number of aryl methyl sites for hydroxylation is 1. The van der Waals surface area contributed by atoms with E-state index in [9.17, 15) is 14.0 Å². The summed E-state index contributed by atoms with van der Waals surface area (Å²) in [6.45, 7) is 10.0. The first-order chi connectivity index (χ1) is 16.3. The van der Waals surface area contributed by atoms with Gasteiger partial charge >= 0.3 is 0 Å². The molecule has 0 bridgehead atoms. The summed E-state index contributed by atoms with van der Waals surface area (Å²) in [6, 6.07) is 12.8. The summed E-state index contributed by atoms with van der Waals surface area (Å²) in [5, 5.41) is 14.9. The van der Waals surface area contributed by atoms with Crippen molar-refractivity contribution in [2.75, 3.05) is 11.1 Å². The van der Waals surface area contributed by atoms with Crippen molar-refractivity contribution in [2.24, 2.45) is 5.92 Å². The molecular weight excluding hydrogens is 453 g/mol. The number of rotatable bonds is 10. The van der Waals surface area contributed by atoms with E-state index in [4.69, 9.17) is 0 Å². The van der Waals surface area contributed by atoms with Gasteiger partial charge in [-0.25, -0.2) is 4.39 Å². The molecule has 0 unspecified atom stereocenters. The first-order valence-electron chi connectivity index (χ1n) is 10.9. The summed E-state index contributed by atoms with van der Waals surface area (Å²) < 4.78 is 15.4. The van der Waals surface area contributed by atoms with Crippen LogP contribution in [-0.4, -0.2) is 32.3 Å². The monoisotopic (exact) mass is 481 g/mol. The van der Waals surface area contributed by atoms with Crippen LogP contribution >= 0.6 is 11.8 Å². The molecule has 1 atom stereocenters. The lowest BCUT2D eigenvalue weighted by Crippen LogP contribution is -2.33. The summed E-state index contributed by atoms with van der Waals surface area (Å²) in [5.41, 5.74) is 1.76. The van der Waals surface area contributed by atoms with E-state index in [0.717, 1.165) is 5.56 Å². The third-order valence-electron chi connectivity index (χ3n) is 5.13. The van der Waals surface area contributed by atoms with Crippen molar-refractivity contribution in [2.45, 2.75) is 38.5 Å². The highest BCUT2D eigenvalue weighted by Gasteiger charge is 2.26. The molecule has 1 aromatic heterocycles. The predicted octanol–water partition coefficient (Wildman–Crippen LogP) is 4.77. The molecule has 1 heterocycles. The standard InChI is InChI=1S/C25H28FN5O2S/c1-5-13-31-23(22(16(2)3)28-24(33)18-9-7-6-8-10-18)29-30-25(31)34-15-21(32)27-20-14-19(26)12-11-17(20)4/h5-12,14,16,22H,1,13,15H2,2-4H3,(H,27,32)(H,28,33)/t22-/m0/s1. The molecule has 0 aliphatic rings. The maximum absolute atomic E-state index is 13.5. The number of carbonyl (C=O) groups is 2. The number of anilines is 1. The number of benzene rings is 2. The molecule has 2 N–H and O–H groups in total. The molecule has 7 nitrogen and oxygen atoms in total. The molecule has 2 aromatic carbocycles. The lowest BCUT2D eigenvalue weighted by molar-refractivity contribution is -0.113. The van der Waals surface area contributed by atoms with Crippen LogP contribution < -0.4 is 10.6 Å². The van der Waals surface area contributed by atoms with Crippen LogP contribution in [0.5, 0.6) is 0 Å². The molecule has 3 aromatic rings. The van der Waals surface area contributed by atoms with Crippen LogP contribution in [0.15, 0.2) is 66.3 Å². The van der Waals surface area contributed by atoms with Gasteiger partial charge in [-0.1, -0.05) is 56.0 Å². The molecule has 0 radical (unpaired) electrons. The Morgan fingerprint density at radius 1 is 1.18 bits per heavy atom. The van der Waals surface area contributed by atoms with Gasteiger partial charge < -0.3 is 15.2 Å².